The summed E-state index contributed by atoms with van der Waals surface area (Å²) in [5.74, 6) is -1.72. The van der Waals surface area contributed by atoms with Gasteiger partial charge in [0.05, 0.1) is 9.79 Å². The first-order valence-electron chi connectivity index (χ1n) is 5.91. The molecular weight excluding hydrogens is 304 g/mol. The number of carboxylic acids is 1. The summed E-state index contributed by atoms with van der Waals surface area (Å²) >= 11 is 0. The summed E-state index contributed by atoms with van der Waals surface area (Å²) in [6, 6.07) is 4.64. The molecule has 1 aliphatic carbocycles. The van der Waals surface area contributed by atoms with Crippen molar-refractivity contribution in [3.63, 3.8) is 0 Å². The molecular formula is C12H14O6S2. The van der Waals surface area contributed by atoms with Gasteiger partial charge < -0.3 is 5.11 Å². The first-order chi connectivity index (χ1) is 9.14. The highest BCUT2D eigenvalue weighted by Crippen LogP contribution is 2.38. The molecule has 1 saturated carbocycles. The Morgan fingerprint density at radius 2 is 1.55 bits per heavy atom. The quantitative estimate of drug-likeness (QED) is 0.858. The van der Waals surface area contributed by atoms with Crippen LogP contribution in [0.3, 0.4) is 0 Å². The Morgan fingerprint density at radius 3 is 1.90 bits per heavy atom. The summed E-state index contributed by atoms with van der Waals surface area (Å²) in [6.07, 6.45) is 2.18. The van der Waals surface area contributed by atoms with Crippen LogP contribution in [0.2, 0.25) is 0 Å². The van der Waals surface area contributed by atoms with Gasteiger partial charge in [-0.25, -0.2) is 16.8 Å². The van der Waals surface area contributed by atoms with Crippen LogP contribution in [0.5, 0.6) is 0 Å². The highest BCUT2D eigenvalue weighted by atomic mass is 32.2. The van der Waals surface area contributed by atoms with Crippen molar-refractivity contribution >= 4 is 25.6 Å². The molecule has 0 radical (unpaired) electrons. The second-order valence-corrected chi connectivity index (χ2v) is 8.97. The van der Waals surface area contributed by atoms with Crippen LogP contribution in [0.15, 0.2) is 34.1 Å². The Balaban J connectivity index is 2.42. The van der Waals surface area contributed by atoms with Crippen LogP contribution in [-0.4, -0.2) is 39.4 Å². The van der Waals surface area contributed by atoms with Crippen LogP contribution in [-0.2, 0) is 24.5 Å². The van der Waals surface area contributed by atoms with Crippen molar-refractivity contribution in [1.82, 2.24) is 0 Å². The number of hydrogen-bond donors (Lipinski definition) is 1. The molecule has 1 aromatic carbocycles. The van der Waals surface area contributed by atoms with E-state index in [1.54, 1.807) is 0 Å². The van der Waals surface area contributed by atoms with Crippen LogP contribution in [0.25, 0.3) is 0 Å². The van der Waals surface area contributed by atoms with Crippen molar-refractivity contribution in [2.45, 2.75) is 27.9 Å². The summed E-state index contributed by atoms with van der Waals surface area (Å²) in [4.78, 5) is 11.0. The van der Waals surface area contributed by atoms with Gasteiger partial charge >= 0.3 is 5.97 Å². The van der Waals surface area contributed by atoms with Crippen LogP contribution >= 0.6 is 0 Å². The maximum atomic E-state index is 12.3. The van der Waals surface area contributed by atoms with Gasteiger partial charge in [-0.2, -0.15) is 0 Å². The van der Waals surface area contributed by atoms with Gasteiger partial charge in [0.15, 0.2) is 24.9 Å². The van der Waals surface area contributed by atoms with Crippen LogP contribution < -0.4 is 0 Å². The van der Waals surface area contributed by atoms with Crippen molar-refractivity contribution in [3.05, 3.63) is 24.3 Å². The third-order valence-electron chi connectivity index (χ3n) is 3.21. The van der Waals surface area contributed by atoms with Crippen LogP contribution in [0.1, 0.15) is 12.8 Å². The fraction of sp³-hybridized carbons (Fsp3) is 0.417. The zero-order chi connectivity index (χ0) is 15.1. The number of carboxylic acid groups (broad SMARTS) is 1. The fourth-order valence-corrected chi connectivity index (χ4v) is 4.49. The predicted molar refractivity (Wildman–Crippen MR) is 70.9 cm³/mol. The number of carbonyl (C=O) groups is 1. The molecule has 6 nitrogen and oxygen atoms in total. The Morgan fingerprint density at radius 1 is 1.10 bits per heavy atom. The van der Waals surface area contributed by atoms with Crippen molar-refractivity contribution in [3.8, 4) is 0 Å². The van der Waals surface area contributed by atoms with Crippen molar-refractivity contribution in [2.75, 3.05) is 6.26 Å². The van der Waals surface area contributed by atoms with Gasteiger partial charge in [-0.05, 0) is 43.0 Å². The smallest absolute Gasteiger partial charge is 0.322 e. The Labute approximate surface area is 117 Å². The zero-order valence-corrected chi connectivity index (χ0v) is 12.3. The van der Waals surface area contributed by atoms with E-state index >= 15 is 0 Å². The minimum Gasteiger partial charge on any atom is -0.480 e. The summed E-state index contributed by atoms with van der Waals surface area (Å²) in [7, 11) is -7.41. The molecule has 0 spiro atoms. The minimum absolute atomic E-state index is 0.00486. The topological polar surface area (TPSA) is 106 Å². The molecule has 1 N–H and O–H groups in total. The normalized spacial score (nSPS) is 17.6. The Hall–Kier alpha value is -1.41. The largest absolute Gasteiger partial charge is 0.480 e. The molecule has 0 heterocycles. The van der Waals surface area contributed by atoms with Gasteiger partial charge in [0.1, 0.15) is 0 Å². The van der Waals surface area contributed by atoms with Crippen molar-refractivity contribution < 1.29 is 26.7 Å². The molecule has 1 unspecified atom stereocenters. The monoisotopic (exact) mass is 318 g/mol. The second-order valence-electron chi connectivity index (χ2n) is 4.88. The number of rotatable bonds is 5. The molecule has 110 valence electrons. The first kappa shape index (κ1) is 15.0. The predicted octanol–water partition coefficient (Wildman–Crippen LogP) is 0.727. The third-order valence-corrected chi connectivity index (χ3v) is 6.52. The second kappa shape index (κ2) is 4.85. The van der Waals surface area contributed by atoms with E-state index in [0.717, 1.165) is 18.4 Å². The molecule has 1 aliphatic rings. The number of hydrogen-bond acceptors (Lipinski definition) is 5. The lowest BCUT2D eigenvalue weighted by Crippen LogP contribution is -2.32. The summed E-state index contributed by atoms with van der Waals surface area (Å²) in [5.41, 5.74) is 0. The van der Waals surface area contributed by atoms with Crippen LogP contribution in [0, 0.1) is 5.92 Å². The standard InChI is InChI=1S/C12H14O6S2/c1-19(15,16)9-4-6-10(7-5-9)20(17,18)11(12(13)14)8-2-3-8/h4-8,11H,2-3H2,1H3,(H,13,14). The van der Waals surface area contributed by atoms with E-state index in [2.05, 4.69) is 0 Å². The molecule has 0 aromatic heterocycles. The summed E-state index contributed by atoms with van der Waals surface area (Å²) in [5, 5.41) is 7.64. The summed E-state index contributed by atoms with van der Waals surface area (Å²) in [6.45, 7) is 0. The molecule has 1 fully saturated rings. The van der Waals surface area contributed by atoms with Gasteiger partial charge in [-0.15, -0.1) is 0 Å². The van der Waals surface area contributed by atoms with Gasteiger partial charge in [-0.3, -0.25) is 4.79 Å². The molecule has 0 aliphatic heterocycles. The Bertz CT molecular complexity index is 727. The molecule has 1 aromatic rings. The first-order valence-corrected chi connectivity index (χ1v) is 9.34. The van der Waals surface area contributed by atoms with E-state index in [9.17, 15) is 21.6 Å². The molecule has 0 saturated heterocycles. The molecule has 20 heavy (non-hydrogen) atoms. The van der Waals surface area contributed by atoms with Gasteiger partial charge in [-0.1, -0.05) is 0 Å². The highest BCUT2D eigenvalue weighted by Gasteiger charge is 2.45. The van der Waals surface area contributed by atoms with E-state index in [1.165, 1.54) is 12.1 Å². The SMILES string of the molecule is CS(=O)(=O)c1ccc(S(=O)(=O)C(C(=O)O)C2CC2)cc1. The van der Waals surface area contributed by atoms with Crippen molar-refractivity contribution in [1.29, 1.82) is 0 Å². The molecule has 0 amide bonds. The lowest BCUT2D eigenvalue weighted by molar-refractivity contribution is -0.136. The van der Waals surface area contributed by atoms with Gasteiger partial charge in [0, 0.05) is 6.26 Å². The van der Waals surface area contributed by atoms with E-state index in [1.807, 2.05) is 0 Å². The maximum Gasteiger partial charge on any atom is 0.322 e. The Kier molecular flexibility index (Phi) is 3.64. The number of sulfone groups is 2. The molecule has 1 atom stereocenters. The highest BCUT2D eigenvalue weighted by molar-refractivity contribution is 7.93. The molecule has 2 rings (SSSR count). The van der Waals surface area contributed by atoms with E-state index in [4.69, 9.17) is 5.11 Å². The lowest BCUT2D eigenvalue weighted by atomic mass is 10.3. The van der Waals surface area contributed by atoms with Crippen molar-refractivity contribution in [2.24, 2.45) is 5.92 Å². The van der Waals surface area contributed by atoms with Crippen LogP contribution in [0.4, 0.5) is 0 Å². The van der Waals surface area contributed by atoms with Gasteiger partial charge in [0.25, 0.3) is 0 Å². The van der Waals surface area contributed by atoms with E-state index in [-0.39, 0.29) is 15.7 Å². The van der Waals surface area contributed by atoms with E-state index in [0.29, 0.717) is 12.8 Å². The van der Waals surface area contributed by atoms with E-state index < -0.39 is 30.9 Å². The summed E-state index contributed by atoms with van der Waals surface area (Å²) < 4.78 is 47.2. The molecule has 8 heteroatoms. The average molecular weight is 318 g/mol. The average Bonchev–Trinajstić information content (AvgIpc) is 3.11. The third kappa shape index (κ3) is 2.85. The number of aliphatic carboxylic acids is 1. The number of benzene rings is 1. The zero-order valence-electron chi connectivity index (χ0n) is 10.7. The van der Waals surface area contributed by atoms with Gasteiger partial charge in [0.2, 0.25) is 0 Å². The lowest BCUT2D eigenvalue weighted by Gasteiger charge is -2.12. The fourth-order valence-electron chi connectivity index (χ4n) is 2.01. The molecule has 0 bridgehead atoms. The maximum absolute atomic E-state index is 12.3. The minimum atomic E-state index is -3.99.